The molecule has 0 spiro atoms. The van der Waals surface area contributed by atoms with Crippen LogP contribution in [-0.4, -0.2) is 34.1 Å². The summed E-state index contributed by atoms with van der Waals surface area (Å²) in [5, 5.41) is 0.101. The molecule has 0 heterocycles. The maximum absolute atomic E-state index is 11.7. The fraction of sp³-hybridized carbons (Fsp3) is 0.786. The molecular weight excluding hydrogens is 260 g/mol. The van der Waals surface area contributed by atoms with E-state index < -0.39 is 13.9 Å². The van der Waals surface area contributed by atoms with Gasteiger partial charge >= 0.3 is 5.97 Å². The zero-order valence-corrected chi connectivity index (χ0v) is 14.1. The molecule has 0 aromatic heterocycles. The summed E-state index contributed by atoms with van der Waals surface area (Å²) in [4.78, 5) is 11.7. The highest BCUT2D eigenvalue weighted by Gasteiger charge is 2.62. The second-order valence-electron chi connectivity index (χ2n) is 6.64. The Labute approximate surface area is 117 Å². The van der Waals surface area contributed by atoms with Crippen LogP contribution in [0.25, 0.3) is 0 Å². The standard InChI is InChI=1S/C14H26O4Si/c1-13(2,3)19(6,7)18-14(8-9-16-4)10-11(14)12(15)17-5/h8-9,11H,10H2,1-7H3/b9-8+/t11-,14+/m1/s1. The average Bonchev–Trinajstić information content (AvgIpc) is 2.98. The minimum Gasteiger partial charge on any atom is -0.505 e. The molecule has 5 heteroatoms. The molecule has 0 radical (unpaired) electrons. The van der Waals surface area contributed by atoms with E-state index in [1.807, 2.05) is 6.08 Å². The van der Waals surface area contributed by atoms with Crippen LogP contribution < -0.4 is 0 Å². The molecule has 110 valence electrons. The Bertz CT molecular complexity index is 370. The van der Waals surface area contributed by atoms with E-state index in [4.69, 9.17) is 13.9 Å². The van der Waals surface area contributed by atoms with E-state index in [-0.39, 0.29) is 16.9 Å². The molecule has 1 aliphatic carbocycles. The van der Waals surface area contributed by atoms with Crippen molar-refractivity contribution < 1.29 is 18.7 Å². The Balaban J connectivity index is 2.91. The second-order valence-corrected chi connectivity index (χ2v) is 11.4. The van der Waals surface area contributed by atoms with Gasteiger partial charge in [-0.25, -0.2) is 0 Å². The maximum atomic E-state index is 11.7. The number of carbonyl (C=O) groups is 1. The van der Waals surface area contributed by atoms with Crippen LogP contribution in [0, 0.1) is 5.92 Å². The van der Waals surface area contributed by atoms with Crippen molar-refractivity contribution in [1.82, 2.24) is 0 Å². The van der Waals surface area contributed by atoms with Crippen LogP contribution in [0.4, 0.5) is 0 Å². The molecule has 0 saturated heterocycles. The predicted octanol–water partition coefficient (Wildman–Crippen LogP) is 3.10. The topological polar surface area (TPSA) is 44.8 Å². The lowest BCUT2D eigenvalue weighted by Crippen LogP contribution is -2.45. The fourth-order valence-corrected chi connectivity index (χ4v) is 3.38. The highest BCUT2D eigenvalue weighted by atomic mass is 28.4. The van der Waals surface area contributed by atoms with Crippen molar-refractivity contribution in [2.75, 3.05) is 14.2 Å². The van der Waals surface area contributed by atoms with Gasteiger partial charge in [-0.15, -0.1) is 0 Å². The Kier molecular flexibility index (Phi) is 4.52. The van der Waals surface area contributed by atoms with Crippen LogP contribution in [-0.2, 0) is 18.7 Å². The molecule has 0 unspecified atom stereocenters. The van der Waals surface area contributed by atoms with E-state index >= 15 is 0 Å². The summed E-state index contributed by atoms with van der Waals surface area (Å²) in [5.41, 5.74) is -0.536. The molecule has 19 heavy (non-hydrogen) atoms. The minimum atomic E-state index is -1.94. The van der Waals surface area contributed by atoms with Crippen LogP contribution in [0.3, 0.4) is 0 Å². The van der Waals surface area contributed by atoms with E-state index in [0.29, 0.717) is 6.42 Å². The number of carbonyl (C=O) groups excluding carboxylic acids is 1. The number of hydrogen-bond acceptors (Lipinski definition) is 4. The Morgan fingerprint density at radius 2 is 1.89 bits per heavy atom. The van der Waals surface area contributed by atoms with Crippen molar-refractivity contribution in [2.45, 2.75) is 50.9 Å². The van der Waals surface area contributed by atoms with E-state index in [2.05, 4.69) is 33.9 Å². The average molecular weight is 286 g/mol. The number of methoxy groups -OCH3 is 2. The third-order valence-corrected chi connectivity index (χ3v) is 8.68. The number of rotatable bonds is 5. The first-order valence-corrected chi connectivity index (χ1v) is 9.49. The Hall–Kier alpha value is -0.813. The van der Waals surface area contributed by atoms with Crippen molar-refractivity contribution in [3.63, 3.8) is 0 Å². The lowest BCUT2D eigenvalue weighted by molar-refractivity contribution is -0.143. The molecule has 1 aliphatic rings. The van der Waals surface area contributed by atoms with Gasteiger partial charge in [0.05, 0.1) is 32.0 Å². The van der Waals surface area contributed by atoms with E-state index in [1.54, 1.807) is 13.4 Å². The third kappa shape index (κ3) is 3.39. The molecule has 1 saturated carbocycles. The highest BCUT2D eigenvalue weighted by molar-refractivity contribution is 6.74. The molecule has 0 aromatic rings. The van der Waals surface area contributed by atoms with Crippen LogP contribution in [0.2, 0.25) is 18.1 Å². The van der Waals surface area contributed by atoms with Crippen molar-refractivity contribution in [2.24, 2.45) is 5.92 Å². The number of esters is 1. The van der Waals surface area contributed by atoms with Crippen LogP contribution in [0.5, 0.6) is 0 Å². The summed E-state index contributed by atoms with van der Waals surface area (Å²) < 4.78 is 16.2. The molecule has 2 atom stereocenters. The second kappa shape index (κ2) is 5.29. The summed E-state index contributed by atoms with van der Waals surface area (Å²) in [7, 11) is 1.06. The number of hydrogen-bond donors (Lipinski definition) is 0. The molecule has 0 aromatic carbocycles. The van der Waals surface area contributed by atoms with Gasteiger partial charge in [-0.3, -0.25) is 4.79 Å². The van der Waals surface area contributed by atoms with Gasteiger partial charge in [0.1, 0.15) is 0 Å². The summed E-state index contributed by atoms with van der Waals surface area (Å²) in [6, 6.07) is 0. The first-order valence-electron chi connectivity index (χ1n) is 6.58. The minimum absolute atomic E-state index is 0.101. The largest absolute Gasteiger partial charge is 0.505 e. The van der Waals surface area contributed by atoms with Gasteiger partial charge < -0.3 is 13.9 Å². The Morgan fingerprint density at radius 3 is 2.32 bits per heavy atom. The highest BCUT2D eigenvalue weighted by Crippen LogP contribution is 2.53. The van der Waals surface area contributed by atoms with Gasteiger partial charge in [-0.05, 0) is 30.6 Å². The molecular formula is C14H26O4Si. The van der Waals surface area contributed by atoms with Crippen molar-refractivity contribution in [1.29, 1.82) is 0 Å². The summed E-state index contributed by atoms with van der Waals surface area (Å²) in [5.74, 6) is -0.419. The molecule has 1 rings (SSSR count). The molecule has 0 bridgehead atoms. The first-order chi connectivity index (χ1) is 8.59. The molecule has 1 fully saturated rings. The van der Waals surface area contributed by atoms with Gasteiger partial charge in [-0.1, -0.05) is 20.8 Å². The predicted molar refractivity (Wildman–Crippen MR) is 77.3 cm³/mol. The first kappa shape index (κ1) is 16.2. The summed E-state index contributed by atoms with van der Waals surface area (Å²) in [6.45, 7) is 10.9. The third-order valence-electron chi connectivity index (χ3n) is 4.18. The lowest BCUT2D eigenvalue weighted by atomic mass is 10.2. The fourth-order valence-electron chi connectivity index (χ4n) is 1.83. The Morgan fingerprint density at radius 1 is 1.32 bits per heavy atom. The van der Waals surface area contributed by atoms with E-state index in [9.17, 15) is 4.79 Å². The normalized spacial score (nSPS) is 27.4. The monoisotopic (exact) mass is 286 g/mol. The van der Waals surface area contributed by atoms with Gasteiger partial charge in [0.2, 0.25) is 0 Å². The maximum Gasteiger partial charge on any atom is 0.312 e. The molecule has 0 N–H and O–H groups in total. The smallest absolute Gasteiger partial charge is 0.312 e. The van der Waals surface area contributed by atoms with Crippen molar-refractivity contribution in [3.05, 3.63) is 12.3 Å². The SMILES string of the molecule is CO/C=C/[C@]1(O[Si](C)(C)C(C)(C)C)C[C@@H]1C(=O)OC. The number of ether oxygens (including phenoxy) is 2. The van der Waals surface area contributed by atoms with E-state index in [1.165, 1.54) is 7.11 Å². The molecule has 0 aliphatic heterocycles. The summed E-state index contributed by atoms with van der Waals surface area (Å²) >= 11 is 0. The van der Waals surface area contributed by atoms with Crippen molar-refractivity contribution >= 4 is 14.3 Å². The van der Waals surface area contributed by atoms with Crippen LogP contribution >= 0.6 is 0 Å². The zero-order valence-electron chi connectivity index (χ0n) is 13.1. The van der Waals surface area contributed by atoms with Gasteiger partial charge in [0.15, 0.2) is 8.32 Å². The lowest BCUT2D eigenvalue weighted by Gasteiger charge is -2.39. The summed E-state index contributed by atoms with van der Waals surface area (Å²) in [6.07, 6.45) is 4.12. The molecule has 0 amide bonds. The van der Waals surface area contributed by atoms with Gasteiger partial charge in [0, 0.05) is 0 Å². The van der Waals surface area contributed by atoms with Crippen LogP contribution in [0.15, 0.2) is 12.3 Å². The van der Waals surface area contributed by atoms with Crippen molar-refractivity contribution in [3.8, 4) is 0 Å². The quantitative estimate of drug-likeness (QED) is 0.442. The van der Waals surface area contributed by atoms with E-state index in [0.717, 1.165) is 0 Å². The zero-order chi connectivity index (χ0) is 14.9. The molecule has 4 nitrogen and oxygen atoms in total. The van der Waals surface area contributed by atoms with Crippen LogP contribution in [0.1, 0.15) is 27.2 Å². The van der Waals surface area contributed by atoms with Gasteiger partial charge in [0.25, 0.3) is 0 Å². The van der Waals surface area contributed by atoms with Gasteiger partial charge in [-0.2, -0.15) is 0 Å².